The molecule has 0 aliphatic heterocycles. The Morgan fingerprint density at radius 3 is 1.53 bits per heavy atom. The number of phosphoric ester groups is 1. The molecule has 10 heteroatoms. The summed E-state index contributed by atoms with van der Waals surface area (Å²) in [6.07, 6.45) is 48.0. The minimum Gasteiger partial charge on any atom is -0.462 e. The van der Waals surface area contributed by atoms with Crippen molar-refractivity contribution in [1.29, 1.82) is 0 Å². The van der Waals surface area contributed by atoms with Gasteiger partial charge in [0, 0.05) is 12.8 Å². The minimum atomic E-state index is -4.39. The number of rotatable bonds is 39. The van der Waals surface area contributed by atoms with Crippen molar-refractivity contribution in [3.8, 4) is 0 Å². The van der Waals surface area contributed by atoms with Crippen LogP contribution in [0.15, 0.2) is 72.9 Å². The zero-order chi connectivity index (χ0) is 42.1. The summed E-state index contributed by atoms with van der Waals surface area (Å²) in [5.41, 5.74) is 0. The molecule has 0 aromatic rings. The Labute approximate surface area is 348 Å². The van der Waals surface area contributed by atoms with E-state index in [0.717, 1.165) is 89.9 Å². The Morgan fingerprint density at radius 1 is 0.561 bits per heavy atom. The second-order valence-electron chi connectivity index (χ2n) is 15.7. The molecule has 2 unspecified atom stereocenters. The van der Waals surface area contributed by atoms with E-state index < -0.39 is 26.5 Å². The topological polar surface area (TPSA) is 108 Å². The number of likely N-dealkylation sites (N-methyl/N-ethyl adjacent to an activating group) is 1. The van der Waals surface area contributed by atoms with Crippen LogP contribution in [0.5, 0.6) is 0 Å². The van der Waals surface area contributed by atoms with Crippen molar-refractivity contribution in [1.82, 2.24) is 0 Å². The summed E-state index contributed by atoms with van der Waals surface area (Å²) in [6.45, 7) is 4.23. The molecule has 0 rings (SSSR count). The first-order valence-electron chi connectivity index (χ1n) is 22.2. The molecule has 0 aromatic heterocycles. The molecule has 0 saturated carbocycles. The predicted octanol–water partition coefficient (Wildman–Crippen LogP) is 12.6. The molecule has 0 aliphatic rings. The molecule has 0 aliphatic carbocycles. The van der Waals surface area contributed by atoms with Gasteiger partial charge >= 0.3 is 19.8 Å². The van der Waals surface area contributed by atoms with E-state index in [1.807, 2.05) is 21.1 Å². The number of carbonyl (C=O) groups excluding carboxylic acids is 2. The Morgan fingerprint density at radius 2 is 1.00 bits per heavy atom. The fraction of sp³-hybridized carbons (Fsp3) is 0.702. The molecular weight excluding hydrogens is 737 g/mol. The molecule has 0 aromatic carbocycles. The van der Waals surface area contributed by atoms with Crippen LogP contribution in [0, 0.1) is 0 Å². The van der Waals surface area contributed by atoms with Crippen molar-refractivity contribution in [3.63, 3.8) is 0 Å². The first kappa shape index (κ1) is 54.5. The van der Waals surface area contributed by atoms with E-state index in [2.05, 4.69) is 86.8 Å². The molecule has 0 spiro atoms. The molecule has 0 heterocycles. The maximum atomic E-state index is 12.7. The Hall–Kier alpha value is -2.55. The van der Waals surface area contributed by atoms with Crippen molar-refractivity contribution < 1.29 is 42.1 Å². The molecule has 0 bridgehead atoms. The van der Waals surface area contributed by atoms with Crippen LogP contribution in [-0.4, -0.2) is 74.9 Å². The van der Waals surface area contributed by atoms with Crippen molar-refractivity contribution in [2.45, 2.75) is 168 Å². The van der Waals surface area contributed by atoms with Gasteiger partial charge in [-0.15, -0.1) is 0 Å². The third kappa shape index (κ3) is 42.9. The number of hydrogen-bond donors (Lipinski definition) is 1. The van der Waals surface area contributed by atoms with Gasteiger partial charge in [0.1, 0.15) is 19.8 Å². The number of esters is 2. The lowest BCUT2D eigenvalue weighted by molar-refractivity contribution is -0.870. The van der Waals surface area contributed by atoms with Crippen LogP contribution in [0.1, 0.15) is 162 Å². The van der Waals surface area contributed by atoms with E-state index in [4.69, 9.17) is 18.5 Å². The number of ether oxygens (including phenoxy) is 2. The highest BCUT2D eigenvalue weighted by molar-refractivity contribution is 7.47. The van der Waals surface area contributed by atoms with E-state index in [0.29, 0.717) is 17.4 Å². The molecular formula is C47H83NO8P+. The van der Waals surface area contributed by atoms with Gasteiger partial charge in [0.2, 0.25) is 0 Å². The number of carbonyl (C=O) groups is 2. The van der Waals surface area contributed by atoms with E-state index in [9.17, 15) is 19.0 Å². The lowest BCUT2D eigenvalue weighted by Gasteiger charge is -2.24. The van der Waals surface area contributed by atoms with Crippen molar-refractivity contribution in [3.05, 3.63) is 72.9 Å². The number of hydrogen-bond acceptors (Lipinski definition) is 7. The molecule has 9 nitrogen and oxygen atoms in total. The summed E-state index contributed by atoms with van der Waals surface area (Å²) in [5.74, 6) is -0.852. The monoisotopic (exact) mass is 821 g/mol. The lowest BCUT2D eigenvalue weighted by Crippen LogP contribution is -2.37. The molecule has 1 N–H and O–H groups in total. The lowest BCUT2D eigenvalue weighted by atomic mass is 10.1. The second-order valence-corrected chi connectivity index (χ2v) is 17.1. The second kappa shape index (κ2) is 38.9. The Balaban J connectivity index is 4.45. The molecule has 328 valence electrons. The summed E-state index contributed by atoms with van der Waals surface area (Å²) >= 11 is 0. The van der Waals surface area contributed by atoms with Crippen LogP contribution in [0.25, 0.3) is 0 Å². The van der Waals surface area contributed by atoms with Crippen LogP contribution >= 0.6 is 7.82 Å². The Kier molecular flexibility index (Phi) is 37.2. The summed E-state index contributed by atoms with van der Waals surface area (Å²) in [5, 5.41) is 0. The van der Waals surface area contributed by atoms with Gasteiger partial charge in [-0.05, 0) is 83.5 Å². The molecule has 0 amide bonds. The first-order valence-corrected chi connectivity index (χ1v) is 23.7. The van der Waals surface area contributed by atoms with Gasteiger partial charge in [-0.1, -0.05) is 138 Å². The molecule has 0 fully saturated rings. The van der Waals surface area contributed by atoms with Crippen LogP contribution in [0.2, 0.25) is 0 Å². The molecule has 2 atom stereocenters. The van der Waals surface area contributed by atoms with Crippen molar-refractivity contribution in [2.75, 3.05) is 47.5 Å². The number of allylic oxidation sites excluding steroid dienone is 12. The van der Waals surface area contributed by atoms with Crippen molar-refractivity contribution in [2.24, 2.45) is 0 Å². The van der Waals surface area contributed by atoms with E-state index in [1.165, 1.54) is 38.5 Å². The minimum absolute atomic E-state index is 0.0201. The fourth-order valence-corrected chi connectivity index (χ4v) is 6.25. The quantitative estimate of drug-likeness (QED) is 0.0215. The van der Waals surface area contributed by atoms with Gasteiger partial charge in [-0.3, -0.25) is 18.6 Å². The zero-order valence-electron chi connectivity index (χ0n) is 36.8. The first-order chi connectivity index (χ1) is 27.5. The maximum absolute atomic E-state index is 12.7. The van der Waals surface area contributed by atoms with Gasteiger partial charge in [-0.2, -0.15) is 0 Å². The fourth-order valence-electron chi connectivity index (χ4n) is 5.50. The van der Waals surface area contributed by atoms with Gasteiger partial charge < -0.3 is 18.9 Å². The summed E-state index contributed by atoms with van der Waals surface area (Å²) < 4.78 is 34.3. The van der Waals surface area contributed by atoms with E-state index in [-0.39, 0.29) is 32.0 Å². The van der Waals surface area contributed by atoms with Crippen LogP contribution in [-0.2, 0) is 32.7 Å². The van der Waals surface area contributed by atoms with Gasteiger partial charge in [-0.25, -0.2) is 4.57 Å². The third-order valence-corrected chi connectivity index (χ3v) is 9.95. The Bertz CT molecular complexity index is 1200. The highest BCUT2D eigenvalue weighted by Crippen LogP contribution is 2.43. The molecule has 57 heavy (non-hydrogen) atoms. The maximum Gasteiger partial charge on any atom is 0.472 e. The van der Waals surface area contributed by atoms with Gasteiger partial charge in [0.25, 0.3) is 0 Å². The average molecular weight is 821 g/mol. The number of quaternary nitrogens is 1. The number of nitrogens with zero attached hydrogens (tertiary/aromatic N) is 1. The zero-order valence-corrected chi connectivity index (χ0v) is 37.7. The van der Waals surface area contributed by atoms with Crippen LogP contribution in [0.4, 0.5) is 0 Å². The highest BCUT2D eigenvalue weighted by atomic mass is 31.2. The largest absolute Gasteiger partial charge is 0.472 e. The van der Waals surface area contributed by atoms with Gasteiger partial charge in [0.15, 0.2) is 6.10 Å². The SMILES string of the molecule is CC/C=C\C/C=C\C/C=C\C/C=C\C/C=C\CCCCCC(=O)OC(COC(=O)CCCCCCC/C=C\CCCCCCC)COP(=O)(O)OCC[N+](C)(C)C. The third-order valence-electron chi connectivity index (χ3n) is 8.97. The molecule has 0 saturated heterocycles. The normalized spacial score (nSPS) is 14.3. The highest BCUT2D eigenvalue weighted by Gasteiger charge is 2.27. The van der Waals surface area contributed by atoms with Crippen LogP contribution < -0.4 is 0 Å². The molecule has 0 radical (unpaired) electrons. The summed E-state index contributed by atoms with van der Waals surface area (Å²) in [7, 11) is 1.44. The summed E-state index contributed by atoms with van der Waals surface area (Å²) in [4.78, 5) is 35.4. The number of phosphoric acid groups is 1. The predicted molar refractivity (Wildman–Crippen MR) is 238 cm³/mol. The van der Waals surface area contributed by atoms with Gasteiger partial charge in [0.05, 0.1) is 27.7 Å². The van der Waals surface area contributed by atoms with Crippen LogP contribution in [0.3, 0.4) is 0 Å². The standard InChI is InChI=1S/C47H82NO8P/c1-6-8-10-12-14-16-18-20-22-23-24-25-26-28-30-32-34-36-38-40-47(50)56-45(44-55-57(51,52)54-42-41-48(3,4)5)43-53-46(49)39-37-35-33-31-29-27-21-19-17-15-13-11-9-7-2/h8,10,14,16,19-22,24-25,28,30,45H,6-7,9,11-13,15,17-18,23,26-27,29,31-44H2,1-5H3/p+1/b10-8-,16-14-,21-19-,22-20-,25-24-,30-28-. The van der Waals surface area contributed by atoms with E-state index >= 15 is 0 Å². The van der Waals surface area contributed by atoms with Crippen molar-refractivity contribution >= 4 is 19.8 Å². The average Bonchev–Trinajstić information content (AvgIpc) is 3.16. The number of unbranched alkanes of at least 4 members (excludes halogenated alkanes) is 13. The summed E-state index contributed by atoms with van der Waals surface area (Å²) in [6, 6.07) is 0. The smallest absolute Gasteiger partial charge is 0.462 e. The van der Waals surface area contributed by atoms with E-state index in [1.54, 1.807) is 0 Å².